The maximum Gasteiger partial charge on any atom is 0.226 e. The van der Waals surface area contributed by atoms with E-state index < -0.39 is 0 Å². The van der Waals surface area contributed by atoms with Gasteiger partial charge in [-0.1, -0.05) is 5.16 Å². The van der Waals surface area contributed by atoms with Gasteiger partial charge in [-0.05, 0) is 38.0 Å². The van der Waals surface area contributed by atoms with Crippen molar-refractivity contribution in [3.05, 3.63) is 24.1 Å². The van der Waals surface area contributed by atoms with Crippen LogP contribution in [-0.2, 0) is 16.0 Å². The maximum atomic E-state index is 11.7. The molecule has 8 heteroatoms. The lowest BCUT2D eigenvalue weighted by Gasteiger charge is -2.09. The first-order chi connectivity index (χ1) is 13.2. The normalized spacial score (nSPS) is 10.6. The van der Waals surface area contributed by atoms with Crippen molar-refractivity contribution in [3.8, 4) is 22.9 Å². The highest BCUT2D eigenvalue weighted by atomic mass is 16.5. The molecule has 0 aliphatic rings. The Hall–Kier alpha value is -2.61. The van der Waals surface area contributed by atoms with Gasteiger partial charge in [0.05, 0.1) is 13.7 Å². The first kappa shape index (κ1) is 20.7. The van der Waals surface area contributed by atoms with Gasteiger partial charge in [0.15, 0.2) is 11.5 Å². The Kier molecular flexibility index (Phi) is 8.57. The summed E-state index contributed by atoms with van der Waals surface area (Å²) < 4.78 is 21.1. The summed E-state index contributed by atoms with van der Waals surface area (Å²) in [6, 6.07) is 5.49. The fraction of sp³-hybridized carbons (Fsp3) is 0.526. The minimum Gasteiger partial charge on any atom is -0.493 e. The fourth-order valence-corrected chi connectivity index (χ4v) is 2.49. The van der Waals surface area contributed by atoms with Crippen LogP contribution in [0.25, 0.3) is 11.4 Å². The third-order valence-corrected chi connectivity index (χ3v) is 3.83. The minimum atomic E-state index is 0.0158. The van der Waals surface area contributed by atoms with Crippen LogP contribution in [0, 0.1) is 0 Å². The van der Waals surface area contributed by atoms with Crippen LogP contribution >= 0.6 is 0 Å². The van der Waals surface area contributed by atoms with Crippen molar-refractivity contribution in [1.29, 1.82) is 0 Å². The number of carbonyl (C=O) groups excluding carboxylic acids is 1. The molecule has 0 saturated carbocycles. The van der Waals surface area contributed by atoms with Crippen LogP contribution in [0.3, 0.4) is 0 Å². The maximum absolute atomic E-state index is 11.7. The average molecular weight is 377 g/mol. The molecule has 0 atom stereocenters. The number of aromatic nitrogens is 2. The van der Waals surface area contributed by atoms with Gasteiger partial charge in [0.2, 0.25) is 17.6 Å². The van der Waals surface area contributed by atoms with E-state index in [2.05, 4.69) is 15.5 Å². The van der Waals surface area contributed by atoms with Crippen LogP contribution in [0.2, 0.25) is 0 Å². The van der Waals surface area contributed by atoms with E-state index in [4.69, 9.17) is 18.7 Å². The van der Waals surface area contributed by atoms with E-state index in [1.54, 1.807) is 14.2 Å². The molecule has 1 N–H and O–H groups in total. The molecule has 1 amide bonds. The second kappa shape index (κ2) is 11.2. The number of methoxy groups -OCH3 is 2. The van der Waals surface area contributed by atoms with Gasteiger partial charge in [0.1, 0.15) is 0 Å². The van der Waals surface area contributed by atoms with Gasteiger partial charge in [-0.3, -0.25) is 4.79 Å². The molecule has 0 spiro atoms. The summed E-state index contributed by atoms with van der Waals surface area (Å²) in [5.74, 6) is 2.29. The molecule has 27 heavy (non-hydrogen) atoms. The number of hydrogen-bond donors (Lipinski definition) is 1. The molecule has 1 heterocycles. The zero-order valence-electron chi connectivity index (χ0n) is 16.1. The number of nitrogens with zero attached hydrogens (tertiary/aromatic N) is 2. The lowest BCUT2D eigenvalue weighted by atomic mass is 10.2. The highest BCUT2D eigenvalue weighted by molar-refractivity contribution is 5.75. The molecule has 1 aromatic carbocycles. The summed E-state index contributed by atoms with van der Waals surface area (Å²) in [4.78, 5) is 16.1. The molecule has 0 radical (unpaired) electrons. The Morgan fingerprint density at radius 1 is 1.22 bits per heavy atom. The Morgan fingerprint density at radius 2 is 2.07 bits per heavy atom. The molecule has 0 saturated heterocycles. The van der Waals surface area contributed by atoms with E-state index in [1.165, 1.54) is 0 Å². The highest BCUT2D eigenvalue weighted by Crippen LogP contribution is 2.31. The standard InChI is InChI=1S/C19H27N3O5/c1-4-26-15-10-9-14(13-16(15)25-3)19-21-18(27-22-19)8-5-7-17(23)20-11-6-12-24-2/h9-10,13H,4-8,11-12H2,1-3H3,(H,20,23). The lowest BCUT2D eigenvalue weighted by Crippen LogP contribution is -2.24. The number of carbonyl (C=O) groups is 1. The molecule has 0 aliphatic carbocycles. The monoisotopic (exact) mass is 377 g/mol. The van der Waals surface area contributed by atoms with Crippen LogP contribution < -0.4 is 14.8 Å². The molecule has 2 aromatic rings. The summed E-state index contributed by atoms with van der Waals surface area (Å²) >= 11 is 0. The SMILES string of the molecule is CCOc1ccc(-c2noc(CCCC(=O)NCCCOC)n2)cc1OC. The van der Waals surface area contributed by atoms with E-state index in [0.717, 1.165) is 12.0 Å². The van der Waals surface area contributed by atoms with Crippen LogP contribution in [0.1, 0.15) is 32.1 Å². The summed E-state index contributed by atoms with van der Waals surface area (Å²) in [5.41, 5.74) is 0.779. The fourth-order valence-electron chi connectivity index (χ4n) is 2.49. The molecule has 0 unspecified atom stereocenters. The zero-order valence-corrected chi connectivity index (χ0v) is 16.1. The van der Waals surface area contributed by atoms with Crippen molar-refractivity contribution in [2.75, 3.05) is 34.0 Å². The predicted molar refractivity (Wildman–Crippen MR) is 99.9 cm³/mol. The van der Waals surface area contributed by atoms with Crippen molar-refractivity contribution in [1.82, 2.24) is 15.5 Å². The van der Waals surface area contributed by atoms with E-state index in [-0.39, 0.29) is 5.91 Å². The second-order valence-electron chi connectivity index (χ2n) is 5.86. The first-order valence-corrected chi connectivity index (χ1v) is 9.07. The van der Waals surface area contributed by atoms with Crippen LogP contribution in [0.15, 0.2) is 22.7 Å². The van der Waals surface area contributed by atoms with Crippen molar-refractivity contribution < 1.29 is 23.5 Å². The van der Waals surface area contributed by atoms with Gasteiger partial charge < -0.3 is 24.1 Å². The van der Waals surface area contributed by atoms with E-state index in [0.29, 0.717) is 62.2 Å². The molecule has 1 aromatic heterocycles. The number of hydrogen-bond acceptors (Lipinski definition) is 7. The molecule has 148 valence electrons. The van der Waals surface area contributed by atoms with Gasteiger partial charge in [-0.2, -0.15) is 4.98 Å². The summed E-state index contributed by atoms with van der Waals surface area (Å²) in [7, 11) is 3.23. The lowest BCUT2D eigenvalue weighted by molar-refractivity contribution is -0.121. The van der Waals surface area contributed by atoms with Crippen LogP contribution in [0.5, 0.6) is 11.5 Å². The van der Waals surface area contributed by atoms with Gasteiger partial charge in [-0.15, -0.1) is 0 Å². The number of ether oxygens (including phenoxy) is 3. The van der Waals surface area contributed by atoms with Crippen LogP contribution in [-0.4, -0.2) is 50.0 Å². The summed E-state index contributed by atoms with van der Waals surface area (Å²) in [5, 5.41) is 6.86. The number of rotatable bonds is 12. The number of aryl methyl sites for hydroxylation is 1. The van der Waals surface area contributed by atoms with Gasteiger partial charge >= 0.3 is 0 Å². The third-order valence-electron chi connectivity index (χ3n) is 3.83. The van der Waals surface area contributed by atoms with Crippen molar-refractivity contribution in [2.24, 2.45) is 0 Å². The quantitative estimate of drug-likeness (QED) is 0.568. The molecule has 0 aliphatic heterocycles. The number of nitrogens with one attached hydrogen (secondary N) is 1. The van der Waals surface area contributed by atoms with E-state index in [1.807, 2.05) is 25.1 Å². The molecular weight excluding hydrogens is 350 g/mol. The summed E-state index contributed by atoms with van der Waals surface area (Å²) in [6.45, 7) is 3.74. The zero-order chi connectivity index (χ0) is 19.5. The topological polar surface area (TPSA) is 95.7 Å². The third kappa shape index (κ3) is 6.56. The number of amides is 1. The molecular formula is C19H27N3O5. The van der Waals surface area contributed by atoms with E-state index >= 15 is 0 Å². The Morgan fingerprint density at radius 3 is 2.81 bits per heavy atom. The highest BCUT2D eigenvalue weighted by Gasteiger charge is 2.13. The Balaban J connectivity index is 1.85. The Labute approximate surface area is 159 Å². The smallest absolute Gasteiger partial charge is 0.226 e. The first-order valence-electron chi connectivity index (χ1n) is 9.07. The average Bonchev–Trinajstić information content (AvgIpc) is 3.15. The predicted octanol–water partition coefficient (Wildman–Crippen LogP) is 2.62. The molecule has 8 nitrogen and oxygen atoms in total. The van der Waals surface area contributed by atoms with Gasteiger partial charge in [0, 0.05) is 38.7 Å². The molecule has 0 bridgehead atoms. The number of benzene rings is 1. The molecule has 0 fully saturated rings. The van der Waals surface area contributed by atoms with Crippen molar-refractivity contribution >= 4 is 5.91 Å². The van der Waals surface area contributed by atoms with Crippen molar-refractivity contribution in [2.45, 2.75) is 32.6 Å². The van der Waals surface area contributed by atoms with Gasteiger partial charge in [-0.25, -0.2) is 0 Å². The second-order valence-corrected chi connectivity index (χ2v) is 5.86. The summed E-state index contributed by atoms with van der Waals surface area (Å²) in [6.07, 6.45) is 2.42. The van der Waals surface area contributed by atoms with Crippen molar-refractivity contribution in [3.63, 3.8) is 0 Å². The van der Waals surface area contributed by atoms with Gasteiger partial charge in [0.25, 0.3) is 0 Å². The molecule has 2 rings (SSSR count). The minimum absolute atomic E-state index is 0.0158. The Bertz CT molecular complexity index is 717. The largest absolute Gasteiger partial charge is 0.493 e. The van der Waals surface area contributed by atoms with Crippen LogP contribution in [0.4, 0.5) is 0 Å². The van der Waals surface area contributed by atoms with E-state index in [9.17, 15) is 4.79 Å².